The molecule has 1 aromatic heterocycles. The van der Waals surface area contributed by atoms with Crippen molar-refractivity contribution in [3.8, 4) is 0 Å². The van der Waals surface area contributed by atoms with Gasteiger partial charge in [-0.05, 0) is 26.8 Å². The lowest BCUT2D eigenvalue weighted by Crippen LogP contribution is -2.48. The number of sulfonamides is 1. The molecular formula is C13H24N4O2S. The van der Waals surface area contributed by atoms with Gasteiger partial charge in [0.2, 0.25) is 10.0 Å². The Morgan fingerprint density at radius 2 is 1.85 bits per heavy atom. The van der Waals surface area contributed by atoms with Crippen LogP contribution in [0.2, 0.25) is 0 Å². The number of aromatic nitrogens is 2. The Bertz CT molecular complexity index is 545. The van der Waals surface area contributed by atoms with Crippen molar-refractivity contribution < 1.29 is 8.42 Å². The van der Waals surface area contributed by atoms with Crippen LogP contribution in [0.1, 0.15) is 26.0 Å². The maximum Gasteiger partial charge on any atom is 0.246 e. The summed E-state index contributed by atoms with van der Waals surface area (Å²) in [6, 6.07) is 0. The first kappa shape index (κ1) is 15.5. The molecule has 114 valence electrons. The van der Waals surface area contributed by atoms with Gasteiger partial charge in [0, 0.05) is 32.7 Å². The van der Waals surface area contributed by atoms with E-state index in [-0.39, 0.29) is 0 Å². The summed E-state index contributed by atoms with van der Waals surface area (Å²) in [7, 11) is -3.40. The van der Waals surface area contributed by atoms with Gasteiger partial charge in [0.1, 0.15) is 4.90 Å². The number of aryl methyl sites for hydroxylation is 1. The third-order valence-electron chi connectivity index (χ3n) is 3.85. The average molecular weight is 300 g/mol. The number of nitrogens with zero attached hydrogens (tertiary/aromatic N) is 4. The van der Waals surface area contributed by atoms with E-state index >= 15 is 0 Å². The lowest BCUT2D eigenvalue weighted by atomic mass is 10.3. The minimum atomic E-state index is -3.40. The molecule has 20 heavy (non-hydrogen) atoms. The van der Waals surface area contributed by atoms with Gasteiger partial charge in [-0.15, -0.1) is 0 Å². The fraction of sp³-hybridized carbons (Fsp3) is 0.769. The van der Waals surface area contributed by atoms with Crippen molar-refractivity contribution in [3.05, 3.63) is 11.9 Å². The molecule has 7 heteroatoms. The van der Waals surface area contributed by atoms with E-state index in [1.54, 1.807) is 8.99 Å². The molecule has 1 aromatic rings. The van der Waals surface area contributed by atoms with Crippen molar-refractivity contribution in [3.63, 3.8) is 0 Å². The van der Waals surface area contributed by atoms with E-state index in [1.807, 2.05) is 13.8 Å². The summed E-state index contributed by atoms with van der Waals surface area (Å²) in [5.74, 6) is 0. The zero-order valence-corrected chi connectivity index (χ0v) is 13.4. The van der Waals surface area contributed by atoms with E-state index in [2.05, 4.69) is 16.9 Å². The van der Waals surface area contributed by atoms with Crippen LogP contribution in [0, 0.1) is 6.92 Å². The van der Waals surface area contributed by atoms with Gasteiger partial charge in [-0.25, -0.2) is 8.42 Å². The molecule has 1 saturated heterocycles. The zero-order valence-electron chi connectivity index (χ0n) is 12.5. The van der Waals surface area contributed by atoms with Crippen molar-refractivity contribution in [2.24, 2.45) is 0 Å². The van der Waals surface area contributed by atoms with Crippen LogP contribution in [0.25, 0.3) is 0 Å². The van der Waals surface area contributed by atoms with E-state index in [4.69, 9.17) is 0 Å². The molecule has 0 amide bonds. The second kappa shape index (κ2) is 6.24. The van der Waals surface area contributed by atoms with Crippen LogP contribution < -0.4 is 0 Å². The third kappa shape index (κ3) is 2.89. The molecule has 6 nitrogen and oxygen atoms in total. The maximum absolute atomic E-state index is 12.7. The Hall–Kier alpha value is -0.920. The number of hydrogen-bond donors (Lipinski definition) is 0. The summed E-state index contributed by atoms with van der Waals surface area (Å²) >= 11 is 0. The molecular weight excluding hydrogens is 276 g/mol. The fourth-order valence-corrected chi connectivity index (χ4v) is 4.23. The predicted octanol–water partition coefficient (Wildman–Crippen LogP) is 0.928. The smallest absolute Gasteiger partial charge is 0.246 e. The van der Waals surface area contributed by atoms with Gasteiger partial charge in [-0.2, -0.15) is 9.40 Å². The Morgan fingerprint density at radius 1 is 1.20 bits per heavy atom. The minimum absolute atomic E-state index is 0.350. The summed E-state index contributed by atoms with van der Waals surface area (Å²) in [5, 5.41) is 4.14. The molecule has 2 rings (SSSR count). The lowest BCUT2D eigenvalue weighted by Gasteiger charge is -2.33. The topological polar surface area (TPSA) is 58.4 Å². The fourth-order valence-electron chi connectivity index (χ4n) is 2.65. The molecule has 0 N–H and O–H groups in total. The van der Waals surface area contributed by atoms with Crippen LogP contribution in [0.5, 0.6) is 0 Å². The Kier molecular flexibility index (Phi) is 4.82. The molecule has 0 aliphatic carbocycles. The van der Waals surface area contributed by atoms with Gasteiger partial charge in [-0.3, -0.25) is 4.68 Å². The van der Waals surface area contributed by atoms with Gasteiger partial charge in [-0.1, -0.05) is 6.92 Å². The Morgan fingerprint density at radius 3 is 2.35 bits per heavy atom. The van der Waals surface area contributed by atoms with Crippen molar-refractivity contribution in [1.29, 1.82) is 0 Å². The number of hydrogen-bond acceptors (Lipinski definition) is 4. The van der Waals surface area contributed by atoms with Crippen molar-refractivity contribution in [2.75, 3.05) is 32.7 Å². The summed E-state index contributed by atoms with van der Waals surface area (Å²) in [6.45, 7) is 10.4. The van der Waals surface area contributed by atoms with Crippen LogP contribution in [-0.2, 0) is 16.6 Å². The van der Waals surface area contributed by atoms with Gasteiger partial charge in [0.25, 0.3) is 0 Å². The Balaban J connectivity index is 2.13. The number of piperazine rings is 1. The highest BCUT2D eigenvalue weighted by atomic mass is 32.2. The lowest BCUT2D eigenvalue weighted by molar-refractivity contribution is 0.188. The standard InChI is InChI=1S/C13H24N4O2S/c1-4-6-15-7-9-16(10-8-15)20(18,19)13-11-14-17(5-2)12(13)3/h11H,4-10H2,1-3H3. The second-order valence-corrected chi connectivity index (χ2v) is 7.06. The largest absolute Gasteiger partial charge is 0.301 e. The molecule has 2 heterocycles. The zero-order chi connectivity index (χ0) is 14.8. The highest BCUT2D eigenvalue weighted by Gasteiger charge is 2.30. The average Bonchev–Trinajstić information content (AvgIpc) is 2.81. The molecule has 1 aliphatic heterocycles. The molecule has 0 aromatic carbocycles. The molecule has 0 spiro atoms. The van der Waals surface area contributed by atoms with E-state index < -0.39 is 10.0 Å². The molecule has 1 aliphatic rings. The monoisotopic (exact) mass is 300 g/mol. The van der Waals surface area contributed by atoms with E-state index in [0.717, 1.165) is 31.7 Å². The van der Waals surface area contributed by atoms with Gasteiger partial charge in [0.05, 0.1) is 11.9 Å². The highest BCUT2D eigenvalue weighted by Crippen LogP contribution is 2.20. The maximum atomic E-state index is 12.7. The molecule has 0 atom stereocenters. The SMILES string of the molecule is CCCN1CCN(S(=O)(=O)c2cnn(CC)c2C)CC1. The van der Waals surface area contributed by atoms with Crippen molar-refractivity contribution in [1.82, 2.24) is 19.0 Å². The van der Waals surface area contributed by atoms with E-state index in [1.165, 1.54) is 6.20 Å². The van der Waals surface area contributed by atoms with Crippen LogP contribution in [0.3, 0.4) is 0 Å². The quantitative estimate of drug-likeness (QED) is 0.811. The van der Waals surface area contributed by atoms with E-state index in [0.29, 0.717) is 24.5 Å². The summed E-state index contributed by atoms with van der Waals surface area (Å²) < 4.78 is 28.6. The molecule has 0 radical (unpaired) electrons. The highest BCUT2D eigenvalue weighted by molar-refractivity contribution is 7.89. The number of rotatable bonds is 5. The molecule has 0 bridgehead atoms. The van der Waals surface area contributed by atoms with Gasteiger partial charge in [0.15, 0.2) is 0 Å². The summed E-state index contributed by atoms with van der Waals surface area (Å²) in [6.07, 6.45) is 2.59. The van der Waals surface area contributed by atoms with Crippen molar-refractivity contribution in [2.45, 2.75) is 38.6 Å². The molecule has 0 saturated carbocycles. The van der Waals surface area contributed by atoms with Crippen LogP contribution in [-0.4, -0.2) is 60.1 Å². The first-order chi connectivity index (χ1) is 9.50. The molecule has 1 fully saturated rings. The van der Waals surface area contributed by atoms with Gasteiger partial charge < -0.3 is 4.90 Å². The van der Waals surface area contributed by atoms with Crippen LogP contribution in [0.4, 0.5) is 0 Å². The van der Waals surface area contributed by atoms with Crippen LogP contribution in [0.15, 0.2) is 11.1 Å². The van der Waals surface area contributed by atoms with Crippen molar-refractivity contribution >= 4 is 10.0 Å². The first-order valence-corrected chi connectivity index (χ1v) is 8.69. The van der Waals surface area contributed by atoms with E-state index in [9.17, 15) is 8.42 Å². The third-order valence-corrected chi connectivity index (χ3v) is 5.85. The second-order valence-electron chi connectivity index (χ2n) is 5.16. The minimum Gasteiger partial charge on any atom is -0.301 e. The summed E-state index contributed by atoms with van der Waals surface area (Å²) in [4.78, 5) is 2.66. The molecule has 0 unspecified atom stereocenters. The normalized spacial score (nSPS) is 18.6. The predicted molar refractivity (Wildman–Crippen MR) is 78.1 cm³/mol. The van der Waals surface area contributed by atoms with Crippen LogP contribution >= 0.6 is 0 Å². The van der Waals surface area contributed by atoms with Gasteiger partial charge >= 0.3 is 0 Å². The first-order valence-electron chi connectivity index (χ1n) is 7.25. The Labute approximate surface area is 121 Å². The summed E-state index contributed by atoms with van der Waals surface area (Å²) in [5.41, 5.74) is 0.725.